The highest BCUT2D eigenvalue weighted by molar-refractivity contribution is 7.88. The lowest BCUT2D eigenvalue weighted by molar-refractivity contribution is 0.0285. The van der Waals surface area contributed by atoms with Gasteiger partial charge in [-0.2, -0.15) is 4.31 Å². The second-order valence-electron chi connectivity index (χ2n) is 5.83. The van der Waals surface area contributed by atoms with E-state index in [0.717, 1.165) is 45.2 Å². The molecule has 1 aromatic heterocycles. The molecule has 0 N–H and O–H groups in total. The number of nitrogens with zero attached hydrogens (tertiary/aromatic N) is 4. The minimum absolute atomic E-state index is 0.272. The van der Waals surface area contributed by atoms with Crippen molar-refractivity contribution in [1.29, 1.82) is 0 Å². The van der Waals surface area contributed by atoms with Gasteiger partial charge in [0.25, 0.3) is 0 Å². The maximum Gasteiger partial charge on any atom is 0.211 e. The highest BCUT2D eigenvalue weighted by Crippen LogP contribution is 2.19. The van der Waals surface area contributed by atoms with E-state index in [1.165, 1.54) is 6.26 Å². The summed E-state index contributed by atoms with van der Waals surface area (Å²) in [4.78, 5) is 6.64. The minimum Gasteiger partial charge on any atom is -0.379 e. The van der Waals surface area contributed by atoms with Crippen molar-refractivity contribution >= 4 is 10.0 Å². The highest BCUT2D eigenvalue weighted by atomic mass is 32.2. The number of sulfonamides is 1. The van der Waals surface area contributed by atoms with Gasteiger partial charge in [-0.15, -0.1) is 0 Å². The molecule has 1 saturated heterocycles. The van der Waals surface area contributed by atoms with Crippen LogP contribution in [-0.4, -0.2) is 72.8 Å². The van der Waals surface area contributed by atoms with Crippen molar-refractivity contribution in [3.63, 3.8) is 0 Å². The Labute approximate surface area is 125 Å². The minimum atomic E-state index is -3.21. The molecule has 0 bridgehead atoms. The lowest BCUT2D eigenvalue weighted by Crippen LogP contribution is -2.43. The summed E-state index contributed by atoms with van der Waals surface area (Å²) in [6, 6.07) is 0. The molecule has 1 unspecified atom stereocenters. The molecular formula is C13H22N4O3S. The van der Waals surface area contributed by atoms with Gasteiger partial charge in [-0.05, 0) is 0 Å². The van der Waals surface area contributed by atoms with Crippen LogP contribution >= 0.6 is 0 Å². The summed E-state index contributed by atoms with van der Waals surface area (Å²) >= 11 is 0. The number of hydrogen-bond donors (Lipinski definition) is 0. The van der Waals surface area contributed by atoms with Crippen LogP contribution in [0.4, 0.5) is 0 Å². The molecule has 0 radical (unpaired) electrons. The molecule has 3 heterocycles. The second kappa shape index (κ2) is 6.04. The van der Waals surface area contributed by atoms with Crippen LogP contribution in [-0.2, 0) is 27.8 Å². The van der Waals surface area contributed by atoms with Crippen molar-refractivity contribution in [3.05, 3.63) is 18.2 Å². The summed E-state index contributed by atoms with van der Waals surface area (Å²) < 4.78 is 32.9. The van der Waals surface area contributed by atoms with E-state index in [4.69, 9.17) is 4.74 Å². The largest absolute Gasteiger partial charge is 0.379 e. The highest BCUT2D eigenvalue weighted by Gasteiger charge is 2.29. The van der Waals surface area contributed by atoms with Crippen LogP contribution < -0.4 is 0 Å². The zero-order chi connectivity index (χ0) is 14.9. The molecule has 3 rings (SSSR count). The first-order valence-electron chi connectivity index (χ1n) is 7.27. The van der Waals surface area contributed by atoms with Crippen LogP contribution in [0, 0.1) is 5.92 Å². The van der Waals surface area contributed by atoms with Gasteiger partial charge in [-0.3, -0.25) is 4.90 Å². The Hall–Kier alpha value is -0.960. The van der Waals surface area contributed by atoms with Crippen molar-refractivity contribution in [1.82, 2.24) is 18.8 Å². The van der Waals surface area contributed by atoms with Gasteiger partial charge in [0.05, 0.1) is 26.0 Å². The molecule has 1 aromatic rings. The summed E-state index contributed by atoms with van der Waals surface area (Å²) in [5.41, 5.74) is 0. The van der Waals surface area contributed by atoms with Gasteiger partial charge in [0.2, 0.25) is 10.0 Å². The first-order valence-corrected chi connectivity index (χ1v) is 9.12. The molecule has 0 aliphatic carbocycles. The maximum absolute atomic E-state index is 12.0. The molecule has 118 valence electrons. The fraction of sp³-hybridized carbons (Fsp3) is 0.769. The van der Waals surface area contributed by atoms with E-state index in [-0.39, 0.29) is 5.92 Å². The number of imidazole rings is 1. The van der Waals surface area contributed by atoms with Gasteiger partial charge in [0.1, 0.15) is 5.82 Å². The van der Waals surface area contributed by atoms with Crippen molar-refractivity contribution in [3.8, 4) is 0 Å². The van der Waals surface area contributed by atoms with E-state index < -0.39 is 10.0 Å². The van der Waals surface area contributed by atoms with Crippen LogP contribution in [0.5, 0.6) is 0 Å². The number of morpholine rings is 1. The first kappa shape index (κ1) is 15.0. The number of hydrogen-bond acceptors (Lipinski definition) is 5. The average molecular weight is 314 g/mol. The lowest BCUT2D eigenvalue weighted by Gasteiger charge is -2.31. The SMILES string of the molecule is CS(=O)(=O)N1Cc2nccn2CC(CN2CCOCC2)C1. The molecule has 0 saturated carbocycles. The van der Waals surface area contributed by atoms with Gasteiger partial charge in [-0.25, -0.2) is 13.4 Å². The van der Waals surface area contributed by atoms with E-state index in [0.29, 0.717) is 13.1 Å². The van der Waals surface area contributed by atoms with E-state index >= 15 is 0 Å². The number of ether oxygens (including phenoxy) is 1. The standard InChI is InChI=1S/C13H22N4O3S/c1-21(18,19)17-10-12(8-15-4-6-20-7-5-15)9-16-3-2-14-13(16)11-17/h2-3,12H,4-11H2,1H3. The molecule has 1 atom stereocenters. The normalized spacial score (nSPS) is 25.5. The number of aromatic nitrogens is 2. The zero-order valence-electron chi connectivity index (χ0n) is 12.3. The van der Waals surface area contributed by atoms with Crippen molar-refractivity contribution in [2.24, 2.45) is 5.92 Å². The summed E-state index contributed by atoms with van der Waals surface area (Å²) in [6.07, 6.45) is 4.96. The molecule has 2 aliphatic heterocycles. The summed E-state index contributed by atoms with van der Waals surface area (Å²) in [7, 11) is -3.21. The Morgan fingerprint density at radius 2 is 2.10 bits per heavy atom. The van der Waals surface area contributed by atoms with Crippen molar-refractivity contribution in [2.45, 2.75) is 13.1 Å². The predicted molar refractivity (Wildman–Crippen MR) is 78.2 cm³/mol. The Kier molecular flexibility index (Phi) is 4.30. The molecule has 0 amide bonds. The Balaban J connectivity index is 1.76. The predicted octanol–water partition coefficient (Wildman–Crippen LogP) is -0.393. The Morgan fingerprint density at radius 3 is 2.81 bits per heavy atom. The number of fused-ring (bicyclic) bond motifs is 1. The third-order valence-electron chi connectivity index (χ3n) is 4.13. The van der Waals surface area contributed by atoms with E-state index in [1.54, 1.807) is 10.5 Å². The van der Waals surface area contributed by atoms with Gasteiger partial charge in [-0.1, -0.05) is 0 Å². The van der Waals surface area contributed by atoms with Crippen LogP contribution in [0.25, 0.3) is 0 Å². The fourth-order valence-corrected chi connectivity index (χ4v) is 3.85. The molecule has 21 heavy (non-hydrogen) atoms. The van der Waals surface area contributed by atoms with Gasteiger partial charge >= 0.3 is 0 Å². The molecular weight excluding hydrogens is 292 g/mol. The molecule has 1 fully saturated rings. The van der Waals surface area contributed by atoms with Crippen molar-refractivity contribution < 1.29 is 13.2 Å². The zero-order valence-corrected chi connectivity index (χ0v) is 13.1. The van der Waals surface area contributed by atoms with Gasteiger partial charge in [0.15, 0.2) is 0 Å². The van der Waals surface area contributed by atoms with Crippen LogP contribution in [0.15, 0.2) is 12.4 Å². The summed E-state index contributed by atoms with van der Waals surface area (Å²) in [5, 5.41) is 0. The average Bonchev–Trinajstić information content (AvgIpc) is 2.78. The molecule has 0 aromatic carbocycles. The Bertz CT molecular complexity index is 580. The smallest absolute Gasteiger partial charge is 0.211 e. The van der Waals surface area contributed by atoms with E-state index in [2.05, 4.69) is 14.5 Å². The fourth-order valence-electron chi connectivity index (χ4n) is 3.02. The van der Waals surface area contributed by atoms with E-state index in [1.807, 2.05) is 6.20 Å². The molecule has 7 nitrogen and oxygen atoms in total. The third kappa shape index (κ3) is 3.63. The third-order valence-corrected chi connectivity index (χ3v) is 5.34. The van der Waals surface area contributed by atoms with Gasteiger partial charge in [0, 0.05) is 51.0 Å². The molecule has 8 heteroatoms. The Morgan fingerprint density at radius 1 is 1.33 bits per heavy atom. The first-order chi connectivity index (χ1) is 10.0. The quantitative estimate of drug-likeness (QED) is 0.760. The van der Waals surface area contributed by atoms with Crippen LogP contribution in [0.1, 0.15) is 5.82 Å². The van der Waals surface area contributed by atoms with Crippen molar-refractivity contribution in [2.75, 3.05) is 45.6 Å². The van der Waals surface area contributed by atoms with E-state index in [9.17, 15) is 8.42 Å². The molecule has 0 spiro atoms. The van der Waals surface area contributed by atoms with Crippen LogP contribution in [0.2, 0.25) is 0 Å². The van der Waals surface area contributed by atoms with Crippen LogP contribution in [0.3, 0.4) is 0 Å². The summed E-state index contributed by atoms with van der Waals surface area (Å²) in [6.45, 7) is 6.01. The topological polar surface area (TPSA) is 67.7 Å². The monoisotopic (exact) mass is 314 g/mol. The summed E-state index contributed by atoms with van der Waals surface area (Å²) in [5.74, 6) is 1.10. The molecule has 2 aliphatic rings. The second-order valence-corrected chi connectivity index (χ2v) is 7.81. The lowest BCUT2D eigenvalue weighted by atomic mass is 10.1. The van der Waals surface area contributed by atoms with Gasteiger partial charge < -0.3 is 9.30 Å². The number of rotatable bonds is 3. The maximum atomic E-state index is 12.0.